The predicted molar refractivity (Wildman–Crippen MR) is 209 cm³/mol. The van der Waals surface area contributed by atoms with Gasteiger partial charge in [0.15, 0.2) is 0 Å². The Morgan fingerprint density at radius 2 is 1.34 bits per heavy atom. The highest BCUT2D eigenvalue weighted by atomic mass is 35.5. The normalized spacial score (nSPS) is 20.0. The molecule has 1 aliphatic rings. The minimum absolute atomic E-state index is 0.0235. The van der Waals surface area contributed by atoms with E-state index in [2.05, 4.69) is 82.3 Å². The summed E-state index contributed by atoms with van der Waals surface area (Å²) in [7, 11) is -3.15. The van der Waals surface area contributed by atoms with Crippen LogP contribution in [-0.2, 0) is 13.9 Å². The van der Waals surface area contributed by atoms with Gasteiger partial charge in [0.05, 0.1) is 12.0 Å². The lowest BCUT2D eigenvalue weighted by Crippen LogP contribution is -2.42. The van der Waals surface area contributed by atoms with E-state index in [1.165, 1.54) is 34.3 Å². The van der Waals surface area contributed by atoms with Gasteiger partial charge >= 0.3 is 7.67 Å². The smallest absolute Gasteiger partial charge is 0.344 e. The molecule has 2 unspecified atom stereocenters. The maximum absolute atomic E-state index is 13.3. The van der Waals surface area contributed by atoms with E-state index < -0.39 is 7.67 Å². The van der Waals surface area contributed by atoms with Crippen LogP contribution < -0.4 is 10.4 Å². The highest BCUT2D eigenvalue weighted by Crippen LogP contribution is 2.53. The molecule has 0 bridgehead atoms. The van der Waals surface area contributed by atoms with Gasteiger partial charge in [-0.05, 0) is 112 Å². The summed E-state index contributed by atoms with van der Waals surface area (Å²) in [5.74, 6) is 1.54. The third kappa shape index (κ3) is 21.8. The minimum Gasteiger partial charge on any atom is -0.355 e. The number of nitrogens with zero attached hydrogens (tertiary/aromatic N) is 1. The molecule has 1 amide bonds. The van der Waals surface area contributed by atoms with Gasteiger partial charge < -0.3 is 9.84 Å². The minimum atomic E-state index is -3.15. The quantitative estimate of drug-likeness (QED) is 0.0421. The standard InChI is InChI=1S/C37H64Cl2N3O3PS/c1-31(2)13-9-16-34(5)18-11-20-35(6)19-10-17-32(3)14-7-8-15-33(4)21-12-22-36(43)40-27-30-47-37-23-29-45-46(44,41-26-24-38)42(37)28-25-39/h13-15,18-19,37H,7-12,16-17,20-30H2,1-6H3,(H,40,43)(H,41,44)/b32-14+,33-15+,34-18+,35-19+. The van der Waals surface area contributed by atoms with Crippen molar-refractivity contribution in [1.29, 1.82) is 0 Å². The lowest BCUT2D eigenvalue weighted by Gasteiger charge is -2.40. The summed E-state index contributed by atoms with van der Waals surface area (Å²) >= 11 is 13.5. The number of unbranched alkanes of at least 4 members (excludes halogenated alkanes) is 1. The fraction of sp³-hybridized carbons (Fsp3) is 0.703. The Labute approximate surface area is 302 Å². The van der Waals surface area contributed by atoms with Gasteiger partial charge in [0.2, 0.25) is 5.91 Å². The molecule has 270 valence electrons. The van der Waals surface area contributed by atoms with Crippen molar-refractivity contribution in [2.45, 2.75) is 124 Å². The van der Waals surface area contributed by atoms with Crippen LogP contribution in [0.5, 0.6) is 0 Å². The van der Waals surface area contributed by atoms with E-state index in [0.29, 0.717) is 44.4 Å². The first-order chi connectivity index (χ1) is 22.5. The van der Waals surface area contributed by atoms with Crippen LogP contribution in [0.4, 0.5) is 0 Å². The molecule has 0 aromatic carbocycles. The second kappa shape index (κ2) is 27.0. The lowest BCUT2D eigenvalue weighted by atomic mass is 10.0. The Hall–Kier alpha value is -0.790. The third-order valence-electron chi connectivity index (χ3n) is 8.04. The summed E-state index contributed by atoms with van der Waals surface area (Å²) in [6.45, 7) is 15.1. The van der Waals surface area contributed by atoms with Crippen molar-refractivity contribution < 1.29 is 13.9 Å². The molecular weight excluding hydrogens is 668 g/mol. The molecule has 6 nitrogen and oxygen atoms in total. The molecule has 1 rings (SSSR count). The number of carbonyl (C=O) groups excluding carboxylic acids is 1. The number of hydrogen-bond acceptors (Lipinski definition) is 4. The van der Waals surface area contributed by atoms with E-state index in [0.717, 1.165) is 70.0 Å². The molecule has 2 atom stereocenters. The van der Waals surface area contributed by atoms with E-state index in [-0.39, 0.29) is 11.3 Å². The molecule has 1 saturated heterocycles. The maximum Gasteiger partial charge on any atom is 0.344 e. The van der Waals surface area contributed by atoms with Crippen LogP contribution in [0.1, 0.15) is 119 Å². The van der Waals surface area contributed by atoms with Gasteiger partial charge in [0, 0.05) is 43.6 Å². The first-order valence-corrected chi connectivity index (χ1v) is 21.2. The van der Waals surface area contributed by atoms with Gasteiger partial charge in [-0.15, -0.1) is 35.0 Å². The number of rotatable bonds is 25. The largest absolute Gasteiger partial charge is 0.355 e. The second-order valence-corrected chi connectivity index (χ2v) is 17.0. The van der Waals surface area contributed by atoms with Gasteiger partial charge in [0.1, 0.15) is 0 Å². The van der Waals surface area contributed by atoms with Gasteiger partial charge in [-0.2, -0.15) is 0 Å². The number of thioether (sulfide) groups is 1. The highest BCUT2D eigenvalue weighted by molar-refractivity contribution is 8.00. The van der Waals surface area contributed by atoms with E-state index in [9.17, 15) is 9.36 Å². The average Bonchev–Trinajstić information content (AvgIpc) is 3.02. The van der Waals surface area contributed by atoms with Crippen LogP contribution in [0, 0.1) is 0 Å². The SMILES string of the molecule is CC(C)=CCC/C(C)=C/CC/C(C)=C/CC/C(C)=C/CC/C=C(\C)CCCC(=O)NCCSC1CCOP(=O)(NCCCl)N1CCCl. The molecule has 0 aromatic heterocycles. The summed E-state index contributed by atoms with van der Waals surface area (Å²) in [6.07, 6.45) is 23.9. The summed E-state index contributed by atoms with van der Waals surface area (Å²) in [6, 6.07) is 0. The Kier molecular flexibility index (Phi) is 25.4. The van der Waals surface area contributed by atoms with E-state index in [4.69, 9.17) is 27.7 Å². The van der Waals surface area contributed by atoms with Crippen molar-refractivity contribution in [3.05, 3.63) is 58.2 Å². The van der Waals surface area contributed by atoms with Crippen molar-refractivity contribution in [3.63, 3.8) is 0 Å². The summed E-state index contributed by atoms with van der Waals surface area (Å²) in [5.41, 5.74) is 7.21. The molecule has 1 fully saturated rings. The Morgan fingerprint density at radius 3 is 1.89 bits per heavy atom. The second-order valence-electron chi connectivity index (χ2n) is 12.8. The van der Waals surface area contributed by atoms with Gasteiger partial charge in [0.25, 0.3) is 0 Å². The number of allylic oxidation sites excluding steroid dienone is 10. The zero-order valence-corrected chi connectivity index (χ0v) is 33.4. The summed E-state index contributed by atoms with van der Waals surface area (Å²) in [4.78, 5) is 12.4. The summed E-state index contributed by atoms with van der Waals surface area (Å²) in [5, 5.41) is 6.03. The third-order valence-corrected chi connectivity index (χ3v) is 12.2. The van der Waals surface area contributed by atoms with E-state index in [1.807, 2.05) is 4.67 Å². The number of amides is 1. The van der Waals surface area contributed by atoms with Gasteiger partial charge in [-0.1, -0.05) is 58.2 Å². The van der Waals surface area contributed by atoms with Crippen molar-refractivity contribution in [2.24, 2.45) is 0 Å². The number of alkyl halides is 2. The van der Waals surface area contributed by atoms with Gasteiger partial charge in [-0.25, -0.2) is 9.76 Å². The topological polar surface area (TPSA) is 70.7 Å². The maximum atomic E-state index is 13.3. The van der Waals surface area contributed by atoms with Crippen LogP contribution in [0.15, 0.2) is 58.2 Å². The fourth-order valence-electron chi connectivity index (χ4n) is 5.27. The average molecular weight is 733 g/mol. The number of nitrogens with one attached hydrogen (secondary N) is 2. The van der Waals surface area contributed by atoms with Crippen molar-refractivity contribution >= 4 is 48.5 Å². The van der Waals surface area contributed by atoms with Crippen molar-refractivity contribution in [3.8, 4) is 0 Å². The monoisotopic (exact) mass is 731 g/mol. The zero-order chi connectivity index (χ0) is 34.9. The molecule has 1 heterocycles. The van der Waals surface area contributed by atoms with E-state index in [1.54, 1.807) is 11.8 Å². The molecule has 0 aromatic rings. The lowest BCUT2D eigenvalue weighted by molar-refractivity contribution is -0.121. The van der Waals surface area contributed by atoms with Gasteiger partial charge in [-0.3, -0.25) is 9.36 Å². The molecule has 0 spiro atoms. The number of hydrogen-bond donors (Lipinski definition) is 2. The Balaban J connectivity index is 2.22. The first kappa shape index (κ1) is 44.2. The van der Waals surface area contributed by atoms with Crippen LogP contribution in [0.2, 0.25) is 0 Å². The fourth-order valence-corrected chi connectivity index (χ4v) is 9.39. The predicted octanol–water partition coefficient (Wildman–Crippen LogP) is 11.1. The van der Waals surface area contributed by atoms with Crippen molar-refractivity contribution in [1.82, 2.24) is 15.1 Å². The van der Waals surface area contributed by atoms with Crippen molar-refractivity contribution in [2.75, 3.05) is 43.8 Å². The number of halogens is 2. The van der Waals surface area contributed by atoms with Crippen LogP contribution in [0.25, 0.3) is 0 Å². The van der Waals surface area contributed by atoms with Crippen LogP contribution >= 0.6 is 42.6 Å². The van der Waals surface area contributed by atoms with Crippen LogP contribution in [-0.4, -0.2) is 59.7 Å². The Bertz CT molecular complexity index is 1100. The zero-order valence-electron chi connectivity index (χ0n) is 30.2. The molecule has 2 N–H and O–H groups in total. The Morgan fingerprint density at radius 1 is 0.787 bits per heavy atom. The molecular formula is C37H64Cl2N3O3PS. The molecule has 0 aliphatic carbocycles. The number of carbonyl (C=O) groups is 1. The molecule has 0 saturated carbocycles. The van der Waals surface area contributed by atoms with E-state index >= 15 is 0 Å². The molecule has 0 radical (unpaired) electrons. The van der Waals surface area contributed by atoms with Crippen LogP contribution in [0.3, 0.4) is 0 Å². The molecule has 1 aliphatic heterocycles. The summed E-state index contributed by atoms with van der Waals surface area (Å²) < 4.78 is 20.7. The molecule has 10 heteroatoms. The molecule has 47 heavy (non-hydrogen) atoms. The highest BCUT2D eigenvalue weighted by Gasteiger charge is 2.40. The first-order valence-electron chi connectivity index (χ1n) is 17.5.